The van der Waals surface area contributed by atoms with Gasteiger partial charge in [-0.15, -0.1) is 11.3 Å². The summed E-state index contributed by atoms with van der Waals surface area (Å²) in [7, 11) is 0. The first-order valence-electron chi connectivity index (χ1n) is 5.09. The zero-order valence-electron chi connectivity index (χ0n) is 8.77. The van der Waals surface area contributed by atoms with E-state index in [1.165, 1.54) is 10.4 Å². The van der Waals surface area contributed by atoms with Gasteiger partial charge >= 0.3 is 0 Å². The summed E-state index contributed by atoms with van der Waals surface area (Å²) in [5.41, 5.74) is 7.39. The van der Waals surface area contributed by atoms with Gasteiger partial charge in [-0.2, -0.15) is 0 Å². The van der Waals surface area contributed by atoms with Gasteiger partial charge < -0.3 is 10.2 Å². The molecule has 0 saturated heterocycles. The van der Waals surface area contributed by atoms with E-state index in [9.17, 15) is 0 Å². The third-order valence-electron chi connectivity index (χ3n) is 2.58. The summed E-state index contributed by atoms with van der Waals surface area (Å²) in [6.07, 6.45) is 3.55. The summed E-state index contributed by atoms with van der Waals surface area (Å²) in [5, 5.41) is 2.09. The topological polar surface area (TPSA) is 39.2 Å². The highest BCUT2D eigenvalue weighted by Gasteiger charge is 2.10. The highest BCUT2D eigenvalue weighted by Crippen LogP contribution is 2.24. The van der Waals surface area contributed by atoms with E-state index >= 15 is 0 Å². The third-order valence-corrected chi connectivity index (χ3v) is 3.44. The number of furan rings is 1. The number of thiophene rings is 1. The molecule has 80 valence electrons. The molecule has 0 bridgehead atoms. The second-order valence-electron chi connectivity index (χ2n) is 3.66. The molecule has 0 spiro atoms. The van der Waals surface area contributed by atoms with Gasteiger partial charge in [0.15, 0.2) is 0 Å². The molecular formula is C12H15NOS. The van der Waals surface area contributed by atoms with Crippen LogP contribution < -0.4 is 5.73 Å². The number of hydrogen-bond donors (Lipinski definition) is 1. The van der Waals surface area contributed by atoms with E-state index in [1.807, 2.05) is 12.1 Å². The van der Waals surface area contributed by atoms with E-state index in [1.54, 1.807) is 17.6 Å². The molecular weight excluding hydrogens is 206 g/mol. The Labute approximate surface area is 93.7 Å². The van der Waals surface area contributed by atoms with Crippen LogP contribution in [0.15, 0.2) is 34.3 Å². The largest absolute Gasteiger partial charge is 0.469 e. The van der Waals surface area contributed by atoms with Crippen LogP contribution in [-0.4, -0.2) is 0 Å². The maximum Gasteiger partial charge on any atom is 0.103 e. The number of nitrogens with two attached hydrogens (primary N) is 1. The minimum atomic E-state index is 0.126. The maximum atomic E-state index is 6.12. The van der Waals surface area contributed by atoms with Crippen molar-refractivity contribution in [1.82, 2.24) is 0 Å². The van der Waals surface area contributed by atoms with Crippen molar-refractivity contribution in [3.05, 3.63) is 46.0 Å². The van der Waals surface area contributed by atoms with Crippen LogP contribution in [-0.2, 0) is 6.42 Å². The monoisotopic (exact) mass is 221 g/mol. The SMILES string of the molecule is Cc1sccc1C(N)CCc1ccco1. The lowest BCUT2D eigenvalue weighted by Crippen LogP contribution is -2.11. The smallest absolute Gasteiger partial charge is 0.103 e. The number of rotatable bonds is 4. The number of hydrogen-bond acceptors (Lipinski definition) is 3. The van der Waals surface area contributed by atoms with Gasteiger partial charge in [-0.25, -0.2) is 0 Å². The Balaban J connectivity index is 1.93. The fraction of sp³-hybridized carbons (Fsp3) is 0.333. The molecule has 1 unspecified atom stereocenters. The van der Waals surface area contributed by atoms with Crippen molar-refractivity contribution < 1.29 is 4.42 Å². The van der Waals surface area contributed by atoms with Crippen LogP contribution in [0.1, 0.15) is 28.7 Å². The Morgan fingerprint density at radius 3 is 2.93 bits per heavy atom. The summed E-state index contributed by atoms with van der Waals surface area (Å²) in [5.74, 6) is 1.01. The summed E-state index contributed by atoms with van der Waals surface area (Å²) < 4.78 is 5.28. The first-order valence-corrected chi connectivity index (χ1v) is 5.97. The molecule has 15 heavy (non-hydrogen) atoms. The minimum absolute atomic E-state index is 0.126. The fourth-order valence-electron chi connectivity index (χ4n) is 1.69. The van der Waals surface area contributed by atoms with Crippen molar-refractivity contribution in [2.24, 2.45) is 5.73 Å². The van der Waals surface area contributed by atoms with Crippen molar-refractivity contribution in [2.45, 2.75) is 25.8 Å². The molecule has 1 atom stereocenters. The van der Waals surface area contributed by atoms with Crippen molar-refractivity contribution in [3.8, 4) is 0 Å². The van der Waals surface area contributed by atoms with Crippen LogP contribution >= 0.6 is 11.3 Å². The first kappa shape index (κ1) is 10.5. The molecule has 0 fully saturated rings. The molecule has 0 aromatic carbocycles. The molecule has 0 saturated carbocycles. The van der Waals surface area contributed by atoms with Gasteiger partial charge in [0.05, 0.1) is 6.26 Å². The van der Waals surface area contributed by atoms with Crippen LogP contribution in [0.5, 0.6) is 0 Å². The molecule has 0 amide bonds. The Bertz CT molecular complexity index is 405. The lowest BCUT2D eigenvalue weighted by molar-refractivity contribution is 0.488. The van der Waals surface area contributed by atoms with E-state index in [0.29, 0.717) is 0 Å². The number of aryl methyl sites for hydroxylation is 2. The van der Waals surface area contributed by atoms with Crippen molar-refractivity contribution >= 4 is 11.3 Å². The van der Waals surface area contributed by atoms with Crippen molar-refractivity contribution in [2.75, 3.05) is 0 Å². The van der Waals surface area contributed by atoms with Gasteiger partial charge in [0.2, 0.25) is 0 Å². The molecule has 2 rings (SSSR count). The zero-order chi connectivity index (χ0) is 10.7. The summed E-state index contributed by atoms with van der Waals surface area (Å²) in [6, 6.07) is 6.15. The van der Waals surface area contributed by atoms with Gasteiger partial charge in [-0.05, 0) is 42.5 Å². The zero-order valence-corrected chi connectivity index (χ0v) is 9.59. The molecule has 2 aromatic rings. The Morgan fingerprint density at radius 2 is 2.33 bits per heavy atom. The predicted molar refractivity (Wildman–Crippen MR) is 63.0 cm³/mol. The van der Waals surface area contributed by atoms with Crippen molar-refractivity contribution in [3.63, 3.8) is 0 Å². The van der Waals surface area contributed by atoms with E-state index < -0.39 is 0 Å². The average Bonchev–Trinajstić information content (AvgIpc) is 2.84. The highest BCUT2D eigenvalue weighted by molar-refractivity contribution is 7.10. The molecule has 3 heteroatoms. The first-order chi connectivity index (χ1) is 7.27. The molecule has 0 aliphatic rings. The second-order valence-corrected chi connectivity index (χ2v) is 4.78. The summed E-state index contributed by atoms with van der Waals surface area (Å²) in [6.45, 7) is 2.12. The molecule has 0 radical (unpaired) electrons. The molecule has 2 aromatic heterocycles. The van der Waals surface area contributed by atoms with Crippen molar-refractivity contribution in [1.29, 1.82) is 0 Å². The minimum Gasteiger partial charge on any atom is -0.469 e. The third kappa shape index (κ3) is 2.49. The van der Waals surface area contributed by atoms with Crippen LogP contribution in [0.3, 0.4) is 0 Å². The Morgan fingerprint density at radius 1 is 1.47 bits per heavy atom. The van der Waals surface area contributed by atoms with Crippen LogP contribution in [0.4, 0.5) is 0 Å². The van der Waals surface area contributed by atoms with Gasteiger partial charge in [0, 0.05) is 17.3 Å². The molecule has 2 heterocycles. The molecule has 2 N–H and O–H groups in total. The van der Waals surface area contributed by atoms with E-state index in [-0.39, 0.29) is 6.04 Å². The summed E-state index contributed by atoms with van der Waals surface area (Å²) >= 11 is 1.75. The summed E-state index contributed by atoms with van der Waals surface area (Å²) in [4.78, 5) is 1.32. The highest BCUT2D eigenvalue weighted by atomic mass is 32.1. The maximum absolute atomic E-state index is 6.12. The fourth-order valence-corrected chi connectivity index (χ4v) is 2.46. The molecule has 0 aliphatic heterocycles. The van der Waals surface area contributed by atoms with Gasteiger partial charge in [-0.3, -0.25) is 0 Å². The van der Waals surface area contributed by atoms with Crippen LogP contribution in [0.2, 0.25) is 0 Å². The second kappa shape index (κ2) is 4.64. The molecule has 2 nitrogen and oxygen atoms in total. The molecule has 0 aliphatic carbocycles. The van der Waals surface area contributed by atoms with Crippen LogP contribution in [0, 0.1) is 6.92 Å². The quantitative estimate of drug-likeness (QED) is 0.860. The Hall–Kier alpha value is -1.06. The average molecular weight is 221 g/mol. The van der Waals surface area contributed by atoms with Gasteiger partial charge in [-0.1, -0.05) is 0 Å². The standard InChI is InChI=1S/C12H15NOS/c1-9-11(6-8-15-9)12(13)5-4-10-3-2-7-14-10/h2-3,6-8,12H,4-5,13H2,1H3. The van der Waals surface area contributed by atoms with E-state index in [0.717, 1.165) is 18.6 Å². The van der Waals surface area contributed by atoms with Gasteiger partial charge in [0.1, 0.15) is 5.76 Å². The normalized spacial score (nSPS) is 12.9. The van der Waals surface area contributed by atoms with E-state index in [4.69, 9.17) is 10.2 Å². The predicted octanol–water partition coefficient (Wildman–Crippen LogP) is 3.28. The van der Waals surface area contributed by atoms with Gasteiger partial charge in [0.25, 0.3) is 0 Å². The lowest BCUT2D eigenvalue weighted by Gasteiger charge is -2.10. The van der Waals surface area contributed by atoms with Crippen LogP contribution in [0.25, 0.3) is 0 Å². The lowest BCUT2D eigenvalue weighted by atomic mass is 10.0. The van der Waals surface area contributed by atoms with E-state index in [2.05, 4.69) is 18.4 Å². The Kier molecular flexibility index (Phi) is 3.23.